The summed E-state index contributed by atoms with van der Waals surface area (Å²) < 4.78 is 2.08. The Labute approximate surface area is 72.8 Å². The zero-order valence-corrected chi connectivity index (χ0v) is 7.45. The number of hydrogen-bond donors (Lipinski definition) is 1. The lowest BCUT2D eigenvalue weighted by Crippen LogP contribution is -2.31. The Hall–Kier alpha value is -0.830. The van der Waals surface area contributed by atoms with Crippen LogP contribution in [0.15, 0.2) is 12.4 Å². The van der Waals surface area contributed by atoms with Crippen LogP contribution in [-0.2, 0) is 0 Å². The third-order valence-electron chi connectivity index (χ3n) is 2.38. The SMILES string of the molecule is Cc1cnn([C@H]2CCCNC2)c1. The highest BCUT2D eigenvalue weighted by molar-refractivity contribution is 5.00. The van der Waals surface area contributed by atoms with Gasteiger partial charge in [0.25, 0.3) is 0 Å². The molecule has 3 heteroatoms. The number of aromatic nitrogens is 2. The number of hydrogen-bond acceptors (Lipinski definition) is 2. The monoisotopic (exact) mass is 165 g/mol. The Balaban J connectivity index is 2.08. The molecule has 0 bridgehead atoms. The van der Waals surface area contributed by atoms with Crippen LogP contribution in [0.3, 0.4) is 0 Å². The van der Waals surface area contributed by atoms with Crippen LogP contribution in [0, 0.1) is 6.92 Å². The summed E-state index contributed by atoms with van der Waals surface area (Å²) in [6, 6.07) is 0.576. The van der Waals surface area contributed by atoms with Crippen LogP contribution in [-0.4, -0.2) is 22.9 Å². The van der Waals surface area contributed by atoms with E-state index in [1.54, 1.807) is 0 Å². The lowest BCUT2D eigenvalue weighted by atomic mass is 10.1. The first-order chi connectivity index (χ1) is 5.86. The first kappa shape index (κ1) is 7.80. The minimum Gasteiger partial charge on any atom is -0.315 e. The van der Waals surface area contributed by atoms with Gasteiger partial charge in [-0.1, -0.05) is 0 Å². The van der Waals surface area contributed by atoms with Gasteiger partial charge in [-0.3, -0.25) is 4.68 Å². The molecule has 1 aromatic heterocycles. The van der Waals surface area contributed by atoms with Crippen LogP contribution in [0.5, 0.6) is 0 Å². The fourth-order valence-corrected chi connectivity index (χ4v) is 1.69. The predicted molar refractivity (Wildman–Crippen MR) is 48.1 cm³/mol. The van der Waals surface area contributed by atoms with Gasteiger partial charge in [-0.25, -0.2) is 0 Å². The number of aryl methyl sites for hydroxylation is 1. The van der Waals surface area contributed by atoms with Crippen molar-refractivity contribution < 1.29 is 0 Å². The fraction of sp³-hybridized carbons (Fsp3) is 0.667. The first-order valence-corrected chi connectivity index (χ1v) is 4.58. The summed E-state index contributed by atoms with van der Waals surface area (Å²) in [5, 5.41) is 7.70. The Kier molecular flexibility index (Phi) is 2.13. The molecular formula is C9H15N3. The quantitative estimate of drug-likeness (QED) is 0.675. The summed E-state index contributed by atoms with van der Waals surface area (Å²) in [7, 11) is 0. The molecule has 2 heterocycles. The van der Waals surface area contributed by atoms with Crippen LogP contribution >= 0.6 is 0 Å². The summed E-state index contributed by atoms with van der Waals surface area (Å²) in [5.74, 6) is 0. The number of nitrogens with one attached hydrogen (secondary N) is 1. The van der Waals surface area contributed by atoms with Gasteiger partial charge < -0.3 is 5.32 Å². The summed E-state index contributed by atoms with van der Waals surface area (Å²) in [4.78, 5) is 0. The van der Waals surface area contributed by atoms with Crippen molar-refractivity contribution in [3.63, 3.8) is 0 Å². The summed E-state index contributed by atoms with van der Waals surface area (Å²) in [6.07, 6.45) is 6.57. The van der Waals surface area contributed by atoms with E-state index in [1.807, 2.05) is 6.20 Å². The Morgan fingerprint density at radius 2 is 2.58 bits per heavy atom. The molecule has 1 N–H and O–H groups in total. The minimum absolute atomic E-state index is 0.576. The fourth-order valence-electron chi connectivity index (χ4n) is 1.69. The number of rotatable bonds is 1. The Morgan fingerprint density at radius 3 is 3.17 bits per heavy atom. The molecule has 1 fully saturated rings. The highest BCUT2D eigenvalue weighted by Crippen LogP contribution is 2.15. The maximum Gasteiger partial charge on any atom is 0.0644 e. The summed E-state index contributed by atoms with van der Waals surface area (Å²) in [6.45, 7) is 4.32. The third kappa shape index (κ3) is 1.50. The van der Waals surface area contributed by atoms with E-state index in [9.17, 15) is 0 Å². The van der Waals surface area contributed by atoms with E-state index in [2.05, 4.69) is 28.2 Å². The van der Waals surface area contributed by atoms with Crippen LogP contribution in [0.25, 0.3) is 0 Å². The van der Waals surface area contributed by atoms with Gasteiger partial charge in [0.1, 0.15) is 0 Å². The molecule has 1 saturated heterocycles. The summed E-state index contributed by atoms with van der Waals surface area (Å²) >= 11 is 0. The van der Waals surface area contributed by atoms with Crippen molar-refractivity contribution in [3.8, 4) is 0 Å². The van der Waals surface area contributed by atoms with E-state index >= 15 is 0 Å². The summed E-state index contributed by atoms with van der Waals surface area (Å²) in [5.41, 5.74) is 1.25. The molecule has 0 saturated carbocycles. The maximum atomic E-state index is 4.32. The zero-order valence-electron chi connectivity index (χ0n) is 7.45. The second-order valence-electron chi connectivity index (χ2n) is 3.50. The van der Waals surface area contributed by atoms with Gasteiger partial charge in [0.2, 0.25) is 0 Å². The Bertz CT molecular complexity index is 248. The van der Waals surface area contributed by atoms with Crippen molar-refractivity contribution in [2.24, 2.45) is 0 Å². The van der Waals surface area contributed by atoms with Crippen molar-refractivity contribution in [1.29, 1.82) is 0 Å². The van der Waals surface area contributed by atoms with Gasteiger partial charge in [0, 0.05) is 12.7 Å². The van der Waals surface area contributed by atoms with Gasteiger partial charge in [-0.2, -0.15) is 5.10 Å². The molecule has 1 atom stereocenters. The highest BCUT2D eigenvalue weighted by atomic mass is 15.3. The molecule has 0 spiro atoms. The average Bonchev–Trinajstić information content (AvgIpc) is 2.54. The van der Waals surface area contributed by atoms with E-state index in [0.29, 0.717) is 6.04 Å². The molecule has 12 heavy (non-hydrogen) atoms. The average molecular weight is 165 g/mol. The molecule has 0 aromatic carbocycles. The van der Waals surface area contributed by atoms with Crippen molar-refractivity contribution >= 4 is 0 Å². The zero-order chi connectivity index (χ0) is 8.39. The topological polar surface area (TPSA) is 29.9 Å². The van der Waals surface area contributed by atoms with Crippen LogP contribution < -0.4 is 5.32 Å². The Morgan fingerprint density at radius 1 is 1.67 bits per heavy atom. The molecule has 0 amide bonds. The lowest BCUT2D eigenvalue weighted by Gasteiger charge is -2.22. The molecule has 66 valence electrons. The van der Waals surface area contributed by atoms with Crippen molar-refractivity contribution in [1.82, 2.24) is 15.1 Å². The largest absolute Gasteiger partial charge is 0.315 e. The molecule has 0 unspecified atom stereocenters. The minimum atomic E-state index is 0.576. The molecule has 1 aliphatic heterocycles. The van der Waals surface area contributed by atoms with Crippen molar-refractivity contribution in [2.45, 2.75) is 25.8 Å². The second kappa shape index (κ2) is 3.27. The number of piperidine rings is 1. The maximum absolute atomic E-state index is 4.32. The molecule has 0 aliphatic carbocycles. The van der Waals surface area contributed by atoms with E-state index in [1.165, 1.54) is 18.4 Å². The van der Waals surface area contributed by atoms with Crippen molar-refractivity contribution in [2.75, 3.05) is 13.1 Å². The molecular weight excluding hydrogens is 150 g/mol. The van der Waals surface area contributed by atoms with E-state index in [0.717, 1.165) is 13.1 Å². The lowest BCUT2D eigenvalue weighted by molar-refractivity contribution is 0.346. The van der Waals surface area contributed by atoms with Gasteiger partial charge in [0.05, 0.1) is 12.2 Å². The van der Waals surface area contributed by atoms with Gasteiger partial charge in [-0.15, -0.1) is 0 Å². The van der Waals surface area contributed by atoms with Crippen LogP contribution in [0.1, 0.15) is 24.4 Å². The van der Waals surface area contributed by atoms with Gasteiger partial charge in [0.15, 0.2) is 0 Å². The molecule has 1 aromatic rings. The molecule has 1 aliphatic rings. The first-order valence-electron chi connectivity index (χ1n) is 4.58. The number of nitrogens with zero attached hydrogens (tertiary/aromatic N) is 2. The molecule has 0 radical (unpaired) electrons. The van der Waals surface area contributed by atoms with Crippen LogP contribution in [0.4, 0.5) is 0 Å². The van der Waals surface area contributed by atoms with Gasteiger partial charge >= 0.3 is 0 Å². The third-order valence-corrected chi connectivity index (χ3v) is 2.38. The van der Waals surface area contributed by atoms with Crippen LogP contribution in [0.2, 0.25) is 0 Å². The van der Waals surface area contributed by atoms with Crippen molar-refractivity contribution in [3.05, 3.63) is 18.0 Å². The van der Waals surface area contributed by atoms with Gasteiger partial charge in [-0.05, 0) is 31.9 Å². The van der Waals surface area contributed by atoms with E-state index in [-0.39, 0.29) is 0 Å². The molecule has 2 rings (SSSR count). The van der Waals surface area contributed by atoms with E-state index in [4.69, 9.17) is 0 Å². The highest BCUT2D eigenvalue weighted by Gasteiger charge is 2.14. The second-order valence-corrected chi connectivity index (χ2v) is 3.50. The predicted octanol–water partition coefficient (Wildman–Crippen LogP) is 1.12. The standard InChI is InChI=1S/C9H15N3/c1-8-5-11-12(7-8)9-3-2-4-10-6-9/h5,7,9-10H,2-4,6H2,1H3/t9-/m0/s1. The smallest absolute Gasteiger partial charge is 0.0644 e. The van der Waals surface area contributed by atoms with E-state index < -0.39 is 0 Å². The normalized spacial score (nSPS) is 24.2. The molecule has 3 nitrogen and oxygen atoms in total.